The predicted molar refractivity (Wildman–Crippen MR) is 224 cm³/mol. The molecule has 9 atom stereocenters. The molecular weight excluding hydrogens is 848 g/mol. The largest absolute Gasteiger partial charge is 0.481 e. The Bertz CT molecular complexity index is 1720. The number of hydrogen-bond acceptors (Lipinski definition) is 17. The first-order chi connectivity index (χ1) is 30.3. The van der Waals surface area contributed by atoms with Crippen LogP contribution in [0.25, 0.3) is 0 Å². The predicted octanol–water partition coefficient (Wildman–Crippen LogP) is -6.76. The smallest absolute Gasteiger partial charge is 0.303 e. The molecule has 16 N–H and O–H groups in total. The lowest BCUT2D eigenvalue weighted by molar-refractivity contribution is -0.139. The molecule has 7 amide bonds. The molecule has 4 unspecified atom stereocenters. The number of aliphatic carboxylic acids is 1. The first-order valence-electron chi connectivity index (χ1n) is 20.3. The van der Waals surface area contributed by atoms with Crippen molar-refractivity contribution in [3.63, 3.8) is 0 Å². The maximum Gasteiger partial charge on any atom is 0.303 e. The third-order valence-electron chi connectivity index (χ3n) is 9.46. The maximum atomic E-state index is 13.5. The van der Waals surface area contributed by atoms with Gasteiger partial charge in [0.05, 0.1) is 38.4 Å². The van der Waals surface area contributed by atoms with Crippen LogP contribution in [-0.4, -0.2) is 173 Å². The summed E-state index contributed by atoms with van der Waals surface area (Å²) in [6.07, 6.45) is -1.64. The Hall–Kier alpha value is -5.96. The molecule has 0 radical (unpaired) electrons. The lowest BCUT2D eigenvalue weighted by atomic mass is 10.0. The molecule has 0 heterocycles. The number of carbonyl (C=O) groups is 10. The van der Waals surface area contributed by atoms with Crippen molar-refractivity contribution >= 4 is 59.4 Å². The normalized spacial score (nSPS) is 15.2. The van der Waals surface area contributed by atoms with Gasteiger partial charge in [-0.15, -0.1) is 0 Å². The van der Waals surface area contributed by atoms with Crippen LogP contribution in [0.3, 0.4) is 0 Å². The topological polar surface area (TPSA) is 406 Å². The van der Waals surface area contributed by atoms with E-state index in [1.807, 2.05) is 0 Å². The van der Waals surface area contributed by atoms with Crippen LogP contribution in [0.4, 0.5) is 0 Å². The summed E-state index contributed by atoms with van der Waals surface area (Å²) in [4.78, 5) is 125. The molecule has 25 nitrogen and oxygen atoms in total. The quantitative estimate of drug-likeness (QED) is 0.0177. The Morgan fingerprint density at radius 1 is 0.672 bits per heavy atom. The fourth-order valence-corrected chi connectivity index (χ4v) is 5.85. The van der Waals surface area contributed by atoms with E-state index in [0.29, 0.717) is 25.8 Å². The van der Waals surface area contributed by atoms with Gasteiger partial charge in [-0.05, 0) is 52.1 Å². The van der Waals surface area contributed by atoms with E-state index in [2.05, 4.69) is 48.1 Å². The zero-order chi connectivity index (χ0) is 48.4. The second-order valence-corrected chi connectivity index (χ2v) is 14.6. The number of nitrogens with two attached hydrogens (primary N) is 1. The first-order valence-corrected chi connectivity index (χ1v) is 20.3. The number of hydrogen-bond donors (Lipinski definition) is 15. The molecular formula is C39H62N10O15. The third kappa shape index (κ3) is 20.9. The molecule has 0 aliphatic carbocycles. The number of likely N-dealkylation sites (N-methyl/N-ethyl adjacent to an activating group) is 1. The number of Topliss-reactive ketones (excluding diaryl/α,β-unsaturated/α-hetero) is 1. The standard InChI is InChI=1S/C39H62N10O15/c1-21(54)25(41-3)11-7-8-14-42-49-28(15-23-9-5-4-6-10-23)36(61)47-29(19-52)37(62)44-26(12-13-32(57)58)34(59)46-30(20-53)38(63)48-33(22(2)55)39(64)45-27(16-31(40)56)35(60)43-24(17-50)18-51/h4-6,9-10,17,22,24-30,33,41-42,49,51-53,55H,7-8,11-16,18-20H2,1-3H3,(H2,40,56)(H,43,60)(H,44,62)(H,45,64)(H,46,59)(H,47,61)(H,48,63)(H,57,58)/t22-,24?,25?,26?,27+,28?,29+,30+,33+/m1/s1. The highest BCUT2D eigenvalue weighted by Crippen LogP contribution is 2.07. The molecule has 0 aliphatic heterocycles. The van der Waals surface area contributed by atoms with E-state index >= 15 is 0 Å². The monoisotopic (exact) mass is 910 g/mol. The van der Waals surface area contributed by atoms with Crippen molar-refractivity contribution < 1.29 is 73.5 Å². The van der Waals surface area contributed by atoms with E-state index in [4.69, 9.17) is 5.73 Å². The Morgan fingerprint density at radius 2 is 1.20 bits per heavy atom. The first kappa shape index (κ1) is 56.1. The highest BCUT2D eigenvalue weighted by molar-refractivity contribution is 5.98. The number of rotatable bonds is 33. The summed E-state index contributed by atoms with van der Waals surface area (Å²) in [5, 5.41) is 64.9. The van der Waals surface area contributed by atoms with Crippen molar-refractivity contribution in [1.29, 1.82) is 0 Å². The van der Waals surface area contributed by atoms with Crippen molar-refractivity contribution in [1.82, 2.24) is 48.1 Å². The fourth-order valence-electron chi connectivity index (χ4n) is 5.85. The number of hydrazine groups is 1. The highest BCUT2D eigenvalue weighted by Gasteiger charge is 2.35. The van der Waals surface area contributed by atoms with E-state index in [1.165, 1.54) is 6.92 Å². The number of carbonyl (C=O) groups excluding carboxylic acids is 9. The van der Waals surface area contributed by atoms with Gasteiger partial charge in [0, 0.05) is 13.0 Å². The average molecular weight is 911 g/mol. The summed E-state index contributed by atoms with van der Waals surface area (Å²) >= 11 is 0. The molecule has 0 bridgehead atoms. The van der Waals surface area contributed by atoms with Crippen molar-refractivity contribution in [2.75, 3.05) is 33.4 Å². The van der Waals surface area contributed by atoms with Crippen LogP contribution in [-0.2, 0) is 54.4 Å². The van der Waals surface area contributed by atoms with E-state index in [0.717, 1.165) is 12.5 Å². The minimum absolute atomic E-state index is 0.00514. The number of aliphatic hydroxyl groups is 4. The summed E-state index contributed by atoms with van der Waals surface area (Å²) in [5.74, 6) is -9.32. The van der Waals surface area contributed by atoms with Crippen molar-refractivity contribution in [3.8, 4) is 0 Å². The number of ketones is 1. The van der Waals surface area contributed by atoms with E-state index < -0.39 is 135 Å². The summed E-state index contributed by atoms with van der Waals surface area (Å²) in [6.45, 7) is -0.0415. The lowest BCUT2D eigenvalue weighted by Crippen LogP contribution is -2.62. The van der Waals surface area contributed by atoms with Gasteiger partial charge in [0.15, 0.2) is 0 Å². The maximum absolute atomic E-state index is 13.5. The third-order valence-corrected chi connectivity index (χ3v) is 9.46. The SMILES string of the molecule is CNC(CCCCNNC(Cc1ccccc1)C(=O)N[C@@H](CO)C(=O)NC(CCC(=O)O)C(=O)N[C@@H](CO)C(=O)N[C@H](C(=O)N[C@@H](CC(N)=O)C(=O)NC(C=O)CO)[C@@H](C)O)C(C)=O. The molecule has 0 fully saturated rings. The molecule has 0 saturated heterocycles. The molecule has 1 aromatic rings. The second-order valence-electron chi connectivity index (χ2n) is 14.6. The highest BCUT2D eigenvalue weighted by atomic mass is 16.4. The van der Waals surface area contributed by atoms with Crippen LogP contribution >= 0.6 is 0 Å². The molecule has 64 heavy (non-hydrogen) atoms. The fraction of sp³-hybridized carbons (Fsp3) is 0.590. The van der Waals surface area contributed by atoms with E-state index in [9.17, 15) is 73.5 Å². The van der Waals surface area contributed by atoms with E-state index in [-0.39, 0.29) is 24.5 Å². The van der Waals surface area contributed by atoms with Gasteiger partial charge < -0.3 is 73.3 Å². The number of carboxylic acids is 1. The molecule has 1 rings (SSSR count). The van der Waals surface area contributed by atoms with Crippen LogP contribution in [0.1, 0.15) is 57.9 Å². The number of amides is 7. The van der Waals surface area contributed by atoms with Crippen molar-refractivity contribution in [3.05, 3.63) is 35.9 Å². The number of aldehydes is 1. The van der Waals surface area contributed by atoms with Gasteiger partial charge in [-0.2, -0.15) is 0 Å². The van der Waals surface area contributed by atoms with E-state index in [1.54, 1.807) is 37.4 Å². The Balaban J connectivity index is 3.14. The summed E-state index contributed by atoms with van der Waals surface area (Å²) in [6, 6.07) is -2.94. The molecule has 0 saturated carbocycles. The zero-order valence-electron chi connectivity index (χ0n) is 35.8. The minimum Gasteiger partial charge on any atom is -0.481 e. The average Bonchev–Trinajstić information content (AvgIpc) is 3.25. The molecule has 358 valence electrons. The zero-order valence-corrected chi connectivity index (χ0v) is 35.8. The minimum atomic E-state index is -1.92. The van der Waals surface area contributed by atoms with Gasteiger partial charge in [-0.1, -0.05) is 36.8 Å². The summed E-state index contributed by atoms with van der Waals surface area (Å²) in [7, 11) is 1.69. The van der Waals surface area contributed by atoms with Crippen LogP contribution in [0.15, 0.2) is 30.3 Å². The summed E-state index contributed by atoms with van der Waals surface area (Å²) < 4.78 is 0. The molecule has 0 spiro atoms. The van der Waals surface area contributed by atoms with Crippen LogP contribution in [0.2, 0.25) is 0 Å². The second kappa shape index (κ2) is 30.2. The van der Waals surface area contributed by atoms with Gasteiger partial charge >= 0.3 is 5.97 Å². The van der Waals surface area contributed by atoms with Gasteiger partial charge in [0.2, 0.25) is 41.4 Å². The number of aliphatic hydroxyl groups excluding tert-OH is 4. The molecule has 0 aliphatic rings. The molecule has 1 aromatic carbocycles. The van der Waals surface area contributed by atoms with Crippen molar-refractivity contribution in [2.24, 2.45) is 5.73 Å². The number of unbranched alkanes of at least 4 members (excludes halogenated alkanes) is 1. The van der Waals surface area contributed by atoms with Crippen LogP contribution in [0.5, 0.6) is 0 Å². The number of primary amides is 1. The van der Waals surface area contributed by atoms with Gasteiger partial charge in [0.25, 0.3) is 0 Å². The number of nitrogens with one attached hydrogen (secondary N) is 9. The molecule has 0 aromatic heterocycles. The van der Waals surface area contributed by atoms with Gasteiger partial charge in [0.1, 0.15) is 54.4 Å². The number of carboxylic acid groups (broad SMARTS) is 1. The Morgan fingerprint density at radius 3 is 1.70 bits per heavy atom. The number of benzene rings is 1. The van der Waals surface area contributed by atoms with Crippen LogP contribution < -0.4 is 53.8 Å². The van der Waals surface area contributed by atoms with Gasteiger partial charge in [-0.3, -0.25) is 48.6 Å². The van der Waals surface area contributed by atoms with Crippen molar-refractivity contribution in [2.45, 2.75) is 113 Å². The van der Waals surface area contributed by atoms with Crippen LogP contribution in [0, 0.1) is 0 Å². The summed E-state index contributed by atoms with van der Waals surface area (Å²) in [5.41, 5.74) is 11.8. The molecule has 25 heteroatoms. The Labute approximate surface area is 368 Å². The Kier molecular flexibility index (Phi) is 26.4. The lowest BCUT2D eigenvalue weighted by Gasteiger charge is -2.27. The van der Waals surface area contributed by atoms with Gasteiger partial charge in [-0.25, -0.2) is 5.43 Å².